The predicted molar refractivity (Wildman–Crippen MR) is 170 cm³/mol. The lowest BCUT2D eigenvalue weighted by Crippen LogP contribution is -2.14. The third-order valence-electron chi connectivity index (χ3n) is 7.44. The monoisotopic (exact) mass is 575 g/mol. The Balaban J connectivity index is 2.24. The topological polar surface area (TPSA) is 125 Å². The molecule has 214 valence electrons. The molecule has 2 aliphatic carbocycles. The maximum atomic E-state index is 13.1. The molecule has 7 heteroatoms. The second kappa shape index (κ2) is 13.2. The van der Waals surface area contributed by atoms with E-state index in [1.807, 2.05) is 79.7 Å². The van der Waals surface area contributed by atoms with E-state index in [0.717, 1.165) is 16.8 Å². The van der Waals surface area contributed by atoms with Crippen LogP contribution in [0, 0.1) is 45.3 Å². The number of benzene rings is 2. The van der Waals surface area contributed by atoms with E-state index in [-0.39, 0.29) is 17.1 Å². The molecule has 0 unspecified atom stereocenters. The Morgan fingerprint density at radius 1 is 0.750 bits per heavy atom. The first-order valence-electron chi connectivity index (χ1n) is 13.8. The number of nitrogens with zero attached hydrogens (tertiary/aromatic N) is 5. The van der Waals surface area contributed by atoms with E-state index >= 15 is 0 Å². The summed E-state index contributed by atoms with van der Waals surface area (Å²) >= 11 is 0. The van der Waals surface area contributed by atoms with Crippen molar-refractivity contribution in [3.8, 4) is 35.4 Å². The normalized spacial score (nSPS) is 10.1. The van der Waals surface area contributed by atoms with Gasteiger partial charge in [0.1, 0.15) is 35.4 Å². The minimum Gasteiger partial charge on any atom is -0.465 e. The van der Waals surface area contributed by atoms with Gasteiger partial charge in [0.25, 0.3) is 0 Å². The van der Waals surface area contributed by atoms with E-state index in [4.69, 9.17) is 4.74 Å². The van der Waals surface area contributed by atoms with E-state index in [9.17, 15) is 25.8 Å². The van der Waals surface area contributed by atoms with E-state index in [0.29, 0.717) is 43.8 Å². The smallest absolute Gasteiger partial charge is 0.338 e. The second-order valence-corrected chi connectivity index (χ2v) is 10.6. The molecule has 0 bridgehead atoms. The lowest BCUT2D eigenvalue weighted by Gasteiger charge is -2.17. The molecular formula is C37H29N5O2. The molecule has 0 fully saturated rings. The lowest BCUT2D eigenvalue weighted by molar-refractivity contribution is 0.0602. The molecular weight excluding hydrogens is 546 g/mol. The molecule has 2 aromatic rings. The van der Waals surface area contributed by atoms with Gasteiger partial charge in [-0.15, -0.1) is 0 Å². The zero-order chi connectivity index (χ0) is 32.0. The van der Waals surface area contributed by atoms with Crippen molar-refractivity contribution in [1.29, 1.82) is 21.0 Å². The first kappa shape index (κ1) is 30.8. The lowest BCUT2D eigenvalue weighted by atomic mass is 9.86. The van der Waals surface area contributed by atoms with E-state index in [1.165, 1.54) is 7.11 Å². The van der Waals surface area contributed by atoms with Gasteiger partial charge < -0.3 is 9.64 Å². The second-order valence-electron chi connectivity index (χ2n) is 10.6. The van der Waals surface area contributed by atoms with Crippen molar-refractivity contribution in [1.82, 2.24) is 0 Å². The first-order chi connectivity index (χ1) is 21.2. The van der Waals surface area contributed by atoms with Crippen molar-refractivity contribution in [2.24, 2.45) is 0 Å². The number of ether oxygens (including phenoxy) is 1. The van der Waals surface area contributed by atoms with E-state index in [1.54, 1.807) is 30.3 Å². The Morgan fingerprint density at radius 3 is 1.89 bits per heavy atom. The van der Waals surface area contributed by atoms with Crippen molar-refractivity contribution in [3.63, 3.8) is 0 Å². The standard InChI is InChI=1S/C37H29N5O2/c1-23(2)27-7-6-8-31-32(17-27)34(37(43)44-5)18-33(31)36(26-11-9-24(10-12-26)28(19-38)20-39)35(29(21-40)22-41)25-13-15-30(16-14-25)42(3)4/h6-18,23H,1-5H3. The van der Waals surface area contributed by atoms with Crippen LogP contribution in [0.4, 0.5) is 5.69 Å². The molecule has 0 saturated heterocycles. The molecule has 2 aromatic carbocycles. The molecule has 44 heavy (non-hydrogen) atoms. The largest absolute Gasteiger partial charge is 0.465 e. The number of methoxy groups -OCH3 is 1. The fraction of sp³-hybridized carbons (Fsp3) is 0.162. The van der Waals surface area contributed by atoms with Crippen LogP contribution in [0.5, 0.6) is 0 Å². The molecule has 0 atom stereocenters. The van der Waals surface area contributed by atoms with Gasteiger partial charge in [-0.3, -0.25) is 0 Å². The van der Waals surface area contributed by atoms with Gasteiger partial charge in [0, 0.05) is 30.6 Å². The number of hydrogen-bond acceptors (Lipinski definition) is 7. The van der Waals surface area contributed by atoms with Crippen LogP contribution in [-0.4, -0.2) is 27.2 Å². The first-order valence-corrected chi connectivity index (χ1v) is 13.8. The SMILES string of the molecule is COC(=O)c1cc(C(C(=C(C#N)C#N)c2ccc(N(C)C)cc2)=c2ccc(=C(C#N)C#N)cc2)c2cccc(C(C)C)cc1-2. The zero-order valence-corrected chi connectivity index (χ0v) is 25.1. The number of fused-ring (bicyclic) bond motifs is 1. The van der Waals surface area contributed by atoms with Gasteiger partial charge in [-0.2, -0.15) is 21.0 Å². The fourth-order valence-corrected chi connectivity index (χ4v) is 5.11. The average Bonchev–Trinajstić information content (AvgIpc) is 3.22. The maximum Gasteiger partial charge on any atom is 0.338 e. The number of anilines is 1. The Kier molecular flexibility index (Phi) is 9.26. The molecule has 4 rings (SSSR count). The molecule has 0 amide bonds. The minimum atomic E-state index is -0.513. The van der Waals surface area contributed by atoms with Crippen LogP contribution in [0.2, 0.25) is 0 Å². The van der Waals surface area contributed by atoms with Crippen LogP contribution < -0.4 is 15.3 Å². The zero-order valence-electron chi connectivity index (χ0n) is 25.1. The molecule has 0 saturated carbocycles. The van der Waals surface area contributed by atoms with Gasteiger partial charge in [0.2, 0.25) is 0 Å². The van der Waals surface area contributed by atoms with Crippen LogP contribution in [0.25, 0.3) is 27.8 Å². The quantitative estimate of drug-likeness (QED) is 0.214. The Labute approximate surface area is 257 Å². The summed E-state index contributed by atoms with van der Waals surface area (Å²) in [6.45, 7) is 4.14. The van der Waals surface area contributed by atoms with Gasteiger partial charge >= 0.3 is 5.97 Å². The number of rotatable bonds is 6. The maximum absolute atomic E-state index is 13.1. The third-order valence-corrected chi connectivity index (χ3v) is 7.44. The van der Waals surface area contributed by atoms with E-state index in [2.05, 4.69) is 26.0 Å². The van der Waals surface area contributed by atoms with Crippen molar-refractivity contribution in [2.45, 2.75) is 19.8 Å². The van der Waals surface area contributed by atoms with Crippen LogP contribution >= 0.6 is 0 Å². The van der Waals surface area contributed by atoms with Crippen LogP contribution in [0.3, 0.4) is 0 Å². The number of nitriles is 4. The highest BCUT2D eigenvalue weighted by Gasteiger charge is 2.27. The summed E-state index contributed by atoms with van der Waals surface area (Å²) in [5, 5.41) is 40.3. The van der Waals surface area contributed by atoms with Crippen molar-refractivity contribution in [3.05, 3.63) is 117 Å². The van der Waals surface area contributed by atoms with Gasteiger partial charge in [-0.05, 0) is 62.7 Å². The summed E-state index contributed by atoms with van der Waals surface area (Å²) < 4.78 is 5.18. The summed E-state index contributed by atoms with van der Waals surface area (Å²) in [7, 11) is 5.17. The number of carbonyl (C=O) groups excluding carboxylic acids is 1. The van der Waals surface area contributed by atoms with Crippen LogP contribution in [0.15, 0.2) is 84.4 Å². The molecule has 0 heterocycles. The van der Waals surface area contributed by atoms with Gasteiger partial charge in [-0.1, -0.05) is 74.5 Å². The molecule has 0 N–H and O–H groups in total. The highest BCUT2D eigenvalue weighted by atomic mass is 16.5. The highest BCUT2D eigenvalue weighted by Crippen LogP contribution is 2.42. The molecule has 0 aromatic heterocycles. The van der Waals surface area contributed by atoms with E-state index < -0.39 is 5.97 Å². The highest BCUT2D eigenvalue weighted by molar-refractivity contribution is 6.13. The predicted octanol–water partition coefficient (Wildman–Crippen LogP) is 5.67. The summed E-state index contributed by atoms with van der Waals surface area (Å²) in [5.74, 6) is -0.327. The summed E-state index contributed by atoms with van der Waals surface area (Å²) in [5.41, 5.74) is 5.75. The van der Waals surface area contributed by atoms with Crippen molar-refractivity contribution in [2.75, 3.05) is 26.1 Å². The van der Waals surface area contributed by atoms with Crippen molar-refractivity contribution >= 4 is 28.4 Å². The summed E-state index contributed by atoms with van der Waals surface area (Å²) in [4.78, 5) is 15.1. The molecule has 0 radical (unpaired) electrons. The number of esters is 1. The van der Waals surface area contributed by atoms with Crippen LogP contribution in [0.1, 0.15) is 46.8 Å². The Bertz CT molecular complexity index is 2000. The molecule has 2 aliphatic rings. The Morgan fingerprint density at radius 2 is 1.36 bits per heavy atom. The van der Waals surface area contributed by atoms with Gasteiger partial charge in [0.15, 0.2) is 0 Å². The minimum absolute atomic E-state index is 0.0390. The number of allylic oxidation sites excluding steroid dienone is 2. The molecule has 7 nitrogen and oxygen atoms in total. The molecule has 0 spiro atoms. The van der Waals surface area contributed by atoms with Crippen LogP contribution in [-0.2, 0) is 4.74 Å². The molecule has 0 aliphatic heterocycles. The van der Waals surface area contributed by atoms with Crippen molar-refractivity contribution < 1.29 is 9.53 Å². The average molecular weight is 576 g/mol. The Hall–Kier alpha value is -6.15. The number of hydrogen-bond donors (Lipinski definition) is 0. The fourth-order valence-electron chi connectivity index (χ4n) is 5.11. The van der Waals surface area contributed by atoms with Gasteiger partial charge in [0.05, 0.1) is 12.7 Å². The number of carbonyl (C=O) groups is 1. The summed E-state index contributed by atoms with van der Waals surface area (Å²) in [6, 6.07) is 31.9. The third kappa shape index (κ3) is 5.91. The summed E-state index contributed by atoms with van der Waals surface area (Å²) in [6.07, 6.45) is 0. The van der Waals surface area contributed by atoms with Gasteiger partial charge in [-0.25, -0.2) is 4.79 Å².